The van der Waals surface area contributed by atoms with Crippen molar-refractivity contribution in [1.29, 1.82) is 0 Å². The smallest absolute Gasteiger partial charge is 0.305 e. The van der Waals surface area contributed by atoms with Gasteiger partial charge < -0.3 is 4.74 Å². The molecule has 0 radical (unpaired) electrons. The summed E-state index contributed by atoms with van der Waals surface area (Å²) in [6.07, 6.45) is 0.588. The Hall–Kier alpha value is -1.35. The molecule has 0 fully saturated rings. The SMILES string of the molecule is COC(=O)CC(C)CC(=O)c1ccc(Cl)c(C)c1. The molecule has 4 heteroatoms. The minimum absolute atomic E-state index is 0.0196. The fourth-order valence-electron chi connectivity index (χ4n) is 1.69. The molecule has 0 bridgehead atoms. The van der Waals surface area contributed by atoms with E-state index < -0.39 is 0 Å². The van der Waals surface area contributed by atoms with E-state index in [1.165, 1.54) is 7.11 Å². The van der Waals surface area contributed by atoms with Gasteiger partial charge in [-0.05, 0) is 36.6 Å². The number of carbonyl (C=O) groups excluding carboxylic acids is 2. The van der Waals surface area contributed by atoms with Crippen LogP contribution in [0.25, 0.3) is 0 Å². The highest BCUT2D eigenvalue weighted by molar-refractivity contribution is 6.31. The molecule has 0 aliphatic heterocycles. The number of benzene rings is 1. The number of carbonyl (C=O) groups is 2. The van der Waals surface area contributed by atoms with Crippen LogP contribution < -0.4 is 0 Å². The van der Waals surface area contributed by atoms with Crippen molar-refractivity contribution in [2.75, 3.05) is 7.11 Å². The van der Waals surface area contributed by atoms with Gasteiger partial charge in [-0.1, -0.05) is 18.5 Å². The Morgan fingerprint density at radius 3 is 2.56 bits per heavy atom. The largest absolute Gasteiger partial charge is 0.469 e. The minimum atomic E-state index is -0.289. The van der Waals surface area contributed by atoms with Gasteiger partial charge in [0.05, 0.1) is 7.11 Å². The second-order valence-electron chi connectivity index (χ2n) is 4.48. The normalized spacial score (nSPS) is 12.0. The van der Waals surface area contributed by atoms with Crippen LogP contribution in [0.2, 0.25) is 5.02 Å². The average molecular weight is 269 g/mol. The van der Waals surface area contributed by atoms with E-state index in [1.807, 2.05) is 13.8 Å². The number of ether oxygens (including phenoxy) is 1. The van der Waals surface area contributed by atoms with Crippen LogP contribution in [0.15, 0.2) is 18.2 Å². The number of methoxy groups -OCH3 is 1. The van der Waals surface area contributed by atoms with E-state index in [9.17, 15) is 9.59 Å². The Labute approximate surface area is 112 Å². The standard InChI is InChI=1S/C14H17ClO3/c1-9(7-14(17)18-3)6-13(16)11-4-5-12(15)10(2)8-11/h4-5,8-9H,6-7H2,1-3H3. The van der Waals surface area contributed by atoms with Crippen molar-refractivity contribution in [3.8, 4) is 0 Å². The maximum absolute atomic E-state index is 12.0. The number of hydrogen-bond donors (Lipinski definition) is 0. The molecule has 18 heavy (non-hydrogen) atoms. The van der Waals surface area contributed by atoms with Gasteiger partial charge >= 0.3 is 5.97 Å². The second kappa shape index (κ2) is 6.55. The first-order valence-corrected chi connectivity index (χ1v) is 6.18. The van der Waals surface area contributed by atoms with Crippen LogP contribution >= 0.6 is 11.6 Å². The molecule has 3 nitrogen and oxygen atoms in total. The Bertz CT molecular complexity index is 454. The molecule has 0 aliphatic carbocycles. The van der Waals surface area contributed by atoms with Gasteiger partial charge in [-0.15, -0.1) is 0 Å². The molecule has 0 aliphatic rings. The van der Waals surface area contributed by atoms with Crippen LogP contribution in [0.4, 0.5) is 0 Å². The molecule has 0 saturated carbocycles. The van der Waals surface area contributed by atoms with Crippen LogP contribution in [0.3, 0.4) is 0 Å². The average Bonchev–Trinajstić information content (AvgIpc) is 2.32. The van der Waals surface area contributed by atoms with Crippen molar-refractivity contribution in [3.63, 3.8) is 0 Å². The lowest BCUT2D eigenvalue weighted by Crippen LogP contribution is -2.12. The van der Waals surface area contributed by atoms with Crippen LogP contribution in [0.5, 0.6) is 0 Å². The molecule has 1 aromatic carbocycles. The van der Waals surface area contributed by atoms with Crippen molar-refractivity contribution in [1.82, 2.24) is 0 Å². The van der Waals surface area contributed by atoms with Gasteiger partial charge in [0.2, 0.25) is 0 Å². The van der Waals surface area contributed by atoms with Gasteiger partial charge in [0, 0.05) is 23.4 Å². The van der Waals surface area contributed by atoms with Crippen molar-refractivity contribution in [2.45, 2.75) is 26.7 Å². The van der Waals surface area contributed by atoms with Gasteiger partial charge in [-0.2, -0.15) is 0 Å². The molecule has 0 N–H and O–H groups in total. The predicted molar refractivity (Wildman–Crippen MR) is 70.9 cm³/mol. The van der Waals surface area contributed by atoms with E-state index >= 15 is 0 Å². The number of halogens is 1. The maximum Gasteiger partial charge on any atom is 0.305 e. The summed E-state index contributed by atoms with van der Waals surface area (Å²) in [4.78, 5) is 23.1. The number of hydrogen-bond acceptors (Lipinski definition) is 3. The van der Waals surface area contributed by atoms with Gasteiger partial charge in [0.25, 0.3) is 0 Å². The Morgan fingerprint density at radius 1 is 1.33 bits per heavy atom. The third-order valence-corrected chi connectivity index (χ3v) is 3.18. The van der Waals surface area contributed by atoms with E-state index in [4.69, 9.17) is 11.6 Å². The van der Waals surface area contributed by atoms with E-state index in [1.54, 1.807) is 18.2 Å². The monoisotopic (exact) mass is 268 g/mol. The van der Waals surface area contributed by atoms with Crippen LogP contribution in [0.1, 0.15) is 35.7 Å². The van der Waals surface area contributed by atoms with Crippen molar-refractivity contribution in [2.24, 2.45) is 5.92 Å². The highest BCUT2D eigenvalue weighted by Crippen LogP contribution is 2.19. The lowest BCUT2D eigenvalue weighted by Gasteiger charge is -2.09. The molecule has 1 unspecified atom stereocenters. The molecule has 1 atom stereocenters. The van der Waals surface area contributed by atoms with Gasteiger partial charge in [0.1, 0.15) is 0 Å². The quantitative estimate of drug-likeness (QED) is 0.607. The van der Waals surface area contributed by atoms with Gasteiger partial charge in [-0.3, -0.25) is 9.59 Å². The molecular formula is C14H17ClO3. The summed E-state index contributed by atoms with van der Waals surface area (Å²) in [5.74, 6) is -0.297. The molecule has 0 amide bonds. The van der Waals surface area contributed by atoms with Crippen LogP contribution in [-0.4, -0.2) is 18.9 Å². The van der Waals surface area contributed by atoms with Crippen LogP contribution in [0, 0.1) is 12.8 Å². The third-order valence-electron chi connectivity index (χ3n) is 2.76. The summed E-state index contributed by atoms with van der Waals surface area (Å²) >= 11 is 5.91. The number of rotatable bonds is 5. The highest BCUT2D eigenvalue weighted by atomic mass is 35.5. The van der Waals surface area contributed by atoms with Crippen molar-refractivity contribution < 1.29 is 14.3 Å². The summed E-state index contributed by atoms with van der Waals surface area (Å²) < 4.78 is 4.58. The first kappa shape index (κ1) is 14.7. The van der Waals surface area contributed by atoms with E-state index in [0.717, 1.165) is 5.56 Å². The van der Waals surface area contributed by atoms with Gasteiger partial charge in [-0.25, -0.2) is 0 Å². The molecule has 0 spiro atoms. The van der Waals surface area contributed by atoms with Gasteiger partial charge in [0.15, 0.2) is 5.78 Å². The first-order chi connectivity index (χ1) is 8.43. The molecular weight excluding hydrogens is 252 g/mol. The van der Waals surface area contributed by atoms with Crippen LogP contribution in [-0.2, 0) is 9.53 Å². The molecule has 1 rings (SSSR count). The summed E-state index contributed by atoms with van der Waals surface area (Å²) in [6.45, 7) is 3.72. The number of aryl methyl sites for hydroxylation is 1. The second-order valence-corrected chi connectivity index (χ2v) is 4.88. The third kappa shape index (κ3) is 4.15. The Morgan fingerprint density at radius 2 is 2.00 bits per heavy atom. The first-order valence-electron chi connectivity index (χ1n) is 5.80. The number of Topliss-reactive ketones (excluding diaryl/α,β-unsaturated/α-hetero) is 1. The fourth-order valence-corrected chi connectivity index (χ4v) is 1.81. The Kier molecular flexibility index (Phi) is 5.35. The summed E-state index contributed by atoms with van der Waals surface area (Å²) in [5, 5.41) is 0.647. The van der Waals surface area contributed by atoms with E-state index in [-0.39, 0.29) is 24.1 Å². The number of ketones is 1. The Balaban J connectivity index is 2.64. The molecule has 0 aromatic heterocycles. The molecule has 0 saturated heterocycles. The highest BCUT2D eigenvalue weighted by Gasteiger charge is 2.15. The van der Waals surface area contributed by atoms with Crippen molar-refractivity contribution >= 4 is 23.4 Å². The lowest BCUT2D eigenvalue weighted by atomic mass is 9.96. The summed E-state index contributed by atoms with van der Waals surface area (Å²) in [7, 11) is 1.35. The van der Waals surface area contributed by atoms with E-state index in [0.29, 0.717) is 17.0 Å². The predicted octanol–water partition coefficient (Wildman–Crippen LogP) is 3.42. The van der Waals surface area contributed by atoms with E-state index in [2.05, 4.69) is 4.74 Å². The lowest BCUT2D eigenvalue weighted by molar-refractivity contribution is -0.141. The van der Waals surface area contributed by atoms with Crippen molar-refractivity contribution in [3.05, 3.63) is 34.3 Å². The topological polar surface area (TPSA) is 43.4 Å². The molecule has 98 valence electrons. The number of esters is 1. The molecule has 1 aromatic rings. The zero-order valence-electron chi connectivity index (χ0n) is 10.8. The molecule has 0 heterocycles. The maximum atomic E-state index is 12.0. The minimum Gasteiger partial charge on any atom is -0.469 e. The zero-order chi connectivity index (χ0) is 13.7. The summed E-state index contributed by atoms with van der Waals surface area (Å²) in [5.41, 5.74) is 1.51. The fraction of sp³-hybridized carbons (Fsp3) is 0.429. The zero-order valence-corrected chi connectivity index (χ0v) is 11.6. The summed E-state index contributed by atoms with van der Waals surface area (Å²) in [6, 6.07) is 5.20.